The highest BCUT2D eigenvalue weighted by atomic mass is 16.5. The quantitative estimate of drug-likeness (QED) is 0.655. The Balaban J connectivity index is 1.60. The Labute approximate surface area is 157 Å². The largest absolute Gasteiger partial charge is 0.463 e. The lowest BCUT2D eigenvalue weighted by molar-refractivity contribution is 0.143. The predicted molar refractivity (Wildman–Crippen MR) is 101 cm³/mol. The zero-order valence-electron chi connectivity index (χ0n) is 15.3. The summed E-state index contributed by atoms with van der Waals surface area (Å²) in [5.74, 6) is 1.40. The van der Waals surface area contributed by atoms with Crippen molar-refractivity contribution in [1.29, 1.82) is 0 Å². The maximum atomic E-state index is 5.61. The molecule has 1 aliphatic rings. The van der Waals surface area contributed by atoms with E-state index < -0.39 is 0 Å². The third-order valence-electron chi connectivity index (χ3n) is 4.64. The SMILES string of the molecule is COCCN1CCN(c2ncc(-c3cnccn3)c(-c3ccco3)n2)CC1. The monoisotopic (exact) mass is 366 g/mol. The van der Waals surface area contributed by atoms with Gasteiger partial charge in [0.1, 0.15) is 5.69 Å². The highest BCUT2D eigenvalue weighted by Gasteiger charge is 2.21. The van der Waals surface area contributed by atoms with E-state index in [0.29, 0.717) is 11.7 Å². The van der Waals surface area contributed by atoms with Crippen LogP contribution in [0, 0.1) is 0 Å². The molecule has 1 aliphatic heterocycles. The molecule has 0 aliphatic carbocycles. The first-order valence-electron chi connectivity index (χ1n) is 8.98. The van der Waals surface area contributed by atoms with Crippen molar-refractivity contribution in [2.75, 3.05) is 51.3 Å². The topological polar surface area (TPSA) is 80.4 Å². The molecule has 0 N–H and O–H groups in total. The standard InChI is InChI=1S/C19H22N6O2/c1-26-12-10-24-6-8-25(9-7-24)19-22-13-15(16-14-20-4-5-21-16)18(23-19)17-3-2-11-27-17/h2-5,11,13-14H,6-10,12H2,1H3. The van der Waals surface area contributed by atoms with Crippen LogP contribution in [0.4, 0.5) is 5.95 Å². The van der Waals surface area contributed by atoms with Crippen molar-refractivity contribution < 1.29 is 9.15 Å². The van der Waals surface area contributed by atoms with E-state index in [-0.39, 0.29) is 0 Å². The van der Waals surface area contributed by atoms with Crippen LogP contribution in [0.3, 0.4) is 0 Å². The Kier molecular flexibility index (Phi) is 5.36. The summed E-state index contributed by atoms with van der Waals surface area (Å²) in [4.78, 5) is 22.5. The molecular formula is C19H22N6O2. The van der Waals surface area contributed by atoms with E-state index in [9.17, 15) is 0 Å². The molecule has 0 spiro atoms. The van der Waals surface area contributed by atoms with Crippen molar-refractivity contribution in [3.05, 3.63) is 43.2 Å². The average Bonchev–Trinajstić information content (AvgIpc) is 3.28. The van der Waals surface area contributed by atoms with Gasteiger partial charge in [-0.1, -0.05) is 0 Å². The van der Waals surface area contributed by atoms with E-state index in [4.69, 9.17) is 14.1 Å². The molecule has 1 fully saturated rings. The molecule has 0 bridgehead atoms. The van der Waals surface area contributed by atoms with Crippen molar-refractivity contribution in [2.24, 2.45) is 0 Å². The Morgan fingerprint density at radius 3 is 2.70 bits per heavy atom. The molecular weight excluding hydrogens is 344 g/mol. The lowest BCUT2D eigenvalue weighted by atomic mass is 10.1. The maximum absolute atomic E-state index is 5.61. The molecule has 4 rings (SSSR count). The molecule has 27 heavy (non-hydrogen) atoms. The van der Waals surface area contributed by atoms with E-state index in [2.05, 4.69) is 24.8 Å². The summed E-state index contributed by atoms with van der Waals surface area (Å²) < 4.78 is 10.8. The van der Waals surface area contributed by atoms with Crippen LogP contribution in [0.5, 0.6) is 0 Å². The van der Waals surface area contributed by atoms with Gasteiger partial charge >= 0.3 is 0 Å². The van der Waals surface area contributed by atoms with Gasteiger partial charge in [-0.3, -0.25) is 14.9 Å². The van der Waals surface area contributed by atoms with Gasteiger partial charge in [0.05, 0.1) is 24.8 Å². The van der Waals surface area contributed by atoms with Crippen molar-refractivity contribution in [1.82, 2.24) is 24.8 Å². The second kappa shape index (κ2) is 8.24. The van der Waals surface area contributed by atoms with Gasteiger partial charge in [-0.05, 0) is 12.1 Å². The van der Waals surface area contributed by atoms with Crippen LogP contribution in [0.15, 0.2) is 47.6 Å². The second-order valence-electron chi connectivity index (χ2n) is 6.32. The number of methoxy groups -OCH3 is 1. The van der Waals surface area contributed by atoms with Crippen LogP contribution in [0.25, 0.3) is 22.7 Å². The Morgan fingerprint density at radius 1 is 1.11 bits per heavy atom. The molecule has 0 saturated carbocycles. The van der Waals surface area contributed by atoms with Gasteiger partial charge in [0, 0.05) is 64.0 Å². The number of hydrogen-bond donors (Lipinski definition) is 0. The van der Waals surface area contributed by atoms with Gasteiger partial charge < -0.3 is 14.1 Å². The molecule has 0 radical (unpaired) electrons. The van der Waals surface area contributed by atoms with Crippen LogP contribution in [0.2, 0.25) is 0 Å². The Bertz CT molecular complexity index is 848. The van der Waals surface area contributed by atoms with E-state index in [1.54, 1.807) is 32.0 Å². The van der Waals surface area contributed by atoms with Crippen LogP contribution in [-0.2, 0) is 4.74 Å². The molecule has 8 heteroatoms. The van der Waals surface area contributed by atoms with Crippen molar-refractivity contribution in [2.45, 2.75) is 0 Å². The highest BCUT2D eigenvalue weighted by molar-refractivity contribution is 5.76. The maximum Gasteiger partial charge on any atom is 0.226 e. The summed E-state index contributed by atoms with van der Waals surface area (Å²) in [6, 6.07) is 3.75. The number of hydrogen-bond acceptors (Lipinski definition) is 8. The van der Waals surface area contributed by atoms with E-state index in [1.165, 1.54) is 0 Å². The van der Waals surface area contributed by atoms with Crippen LogP contribution < -0.4 is 4.90 Å². The second-order valence-corrected chi connectivity index (χ2v) is 6.32. The minimum absolute atomic E-state index is 0.693. The summed E-state index contributed by atoms with van der Waals surface area (Å²) in [6.07, 6.45) is 8.47. The van der Waals surface area contributed by atoms with E-state index in [0.717, 1.165) is 56.3 Å². The normalized spacial score (nSPS) is 15.2. The van der Waals surface area contributed by atoms with E-state index >= 15 is 0 Å². The zero-order valence-corrected chi connectivity index (χ0v) is 15.3. The van der Waals surface area contributed by atoms with Crippen molar-refractivity contribution >= 4 is 5.95 Å². The summed E-state index contributed by atoms with van der Waals surface area (Å²) in [7, 11) is 1.74. The van der Waals surface area contributed by atoms with Gasteiger partial charge in [-0.15, -0.1) is 0 Å². The number of ether oxygens (including phenoxy) is 1. The first-order chi connectivity index (χ1) is 13.3. The van der Waals surface area contributed by atoms with Gasteiger partial charge in [0.2, 0.25) is 5.95 Å². The Hall–Kier alpha value is -2.84. The minimum atomic E-state index is 0.693. The molecule has 0 aromatic carbocycles. The van der Waals surface area contributed by atoms with Crippen molar-refractivity contribution in [3.8, 4) is 22.7 Å². The number of furan rings is 1. The molecule has 4 heterocycles. The number of rotatable bonds is 6. The lowest BCUT2D eigenvalue weighted by Gasteiger charge is -2.34. The third-order valence-corrected chi connectivity index (χ3v) is 4.64. The highest BCUT2D eigenvalue weighted by Crippen LogP contribution is 2.30. The average molecular weight is 366 g/mol. The summed E-state index contributed by atoms with van der Waals surface area (Å²) in [5, 5.41) is 0. The number of anilines is 1. The molecule has 0 unspecified atom stereocenters. The summed E-state index contributed by atoms with van der Waals surface area (Å²) >= 11 is 0. The lowest BCUT2D eigenvalue weighted by Crippen LogP contribution is -2.47. The molecule has 0 amide bonds. The Morgan fingerprint density at radius 2 is 2.00 bits per heavy atom. The number of aromatic nitrogens is 4. The minimum Gasteiger partial charge on any atom is -0.463 e. The van der Waals surface area contributed by atoms with E-state index in [1.807, 2.05) is 18.3 Å². The number of piperazine rings is 1. The van der Waals surface area contributed by atoms with Gasteiger partial charge in [-0.25, -0.2) is 9.97 Å². The number of nitrogens with zero attached hydrogens (tertiary/aromatic N) is 6. The summed E-state index contributed by atoms with van der Waals surface area (Å²) in [5.41, 5.74) is 2.26. The first kappa shape index (κ1) is 17.6. The molecule has 3 aromatic rings. The first-order valence-corrected chi connectivity index (χ1v) is 8.98. The molecule has 3 aromatic heterocycles. The predicted octanol–water partition coefficient (Wildman–Crippen LogP) is 1.96. The van der Waals surface area contributed by atoms with Crippen LogP contribution in [-0.4, -0.2) is 71.3 Å². The van der Waals surface area contributed by atoms with Gasteiger partial charge in [-0.2, -0.15) is 0 Å². The van der Waals surface area contributed by atoms with Crippen LogP contribution in [0.1, 0.15) is 0 Å². The summed E-state index contributed by atoms with van der Waals surface area (Å²) in [6.45, 7) is 5.40. The van der Waals surface area contributed by atoms with Crippen LogP contribution >= 0.6 is 0 Å². The fourth-order valence-corrected chi connectivity index (χ4v) is 3.14. The molecule has 140 valence electrons. The molecule has 1 saturated heterocycles. The van der Waals surface area contributed by atoms with Gasteiger partial charge in [0.15, 0.2) is 5.76 Å². The smallest absolute Gasteiger partial charge is 0.226 e. The zero-order chi connectivity index (χ0) is 18.5. The fraction of sp³-hybridized carbons (Fsp3) is 0.368. The van der Waals surface area contributed by atoms with Gasteiger partial charge in [0.25, 0.3) is 0 Å². The van der Waals surface area contributed by atoms with Crippen molar-refractivity contribution in [3.63, 3.8) is 0 Å². The molecule has 8 nitrogen and oxygen atoms in total. The molecule has 0 atom stereocenters. The fourth-order valence-electron chi connectivity index (χ4n) is 3.14. The third kappa shape index (κ3) is 3.96.